The molecule has 0 saturated carbocycles. The number of rotatable bonds is 7. The van der Waals surface area contributed by atoms with Crippen LogP contribution in [-0.4, -0.2) is 43.2 Å². The van der Waals surface area contributed by atoms with Gasteiger partial charge in [0.25, 0.3) is 0 Å². The highest BCUT2D eigenvalue weighted by atomic mass is 16.5. The van der Waals surface area contributed by atoms with Crippen LogP contribution in [0.25, 0.3) is 0 Å². The van der Waals surface area contributed by atoms with Crippen molar-refractivity contribution in [2.75, 3.05) is 31.2 Å². The highest BCUT2D eigenvalue weighted by molar-refractivity contribution is 6.02. The van der Waals surface area contributed by atoms with E-state index in [2.05, 4.69) is 4.98 Å². The average Bonchev–Trinajstić information content (AvgIpc) is 2.50. The van der Waals surface area contributed by atoms with E-state index in [1.807, 2.05) is 25.7 Å². The predicted octanol–water partition coefficient (Wildman–Crippen LogP) is 2.59. The summed E-state index contributed by atoms with van der Waals surface area (Å²) in [4.78, 5) is 30.6. The Kier molecular flexibility index (Phi) is 6.82. The van der Waals surface area contributed by atoms with Crippen LogP contribution in [0.4, 0.5) is 5.82 Å². The highest BCUT2D eigenvalue weighted by Crippen LogP contribution is 2.22. The van der Waals surface area contributed by atoms with E-state index in [1.54, 1.807) is 19.9 Å². The lowest BCUT2D eigenvalue weighted by Crippen LogP contribution is -2.26. The summed E-state index contributed by atoms with van der Waals surface area (Å²) < 4.78 is 10.0. The Bertz CT molecular complexity index is 539. The molecule has 0 N–H and O–H groups in total. The molecule has 122 valence electrons. The van der Waals surface area contributed by atoms with Gasteiger partial charge in [0, 0.05) is 13.1 Å². The van der Waals surface area contributed by atoms with Crippen LogP contribution in [0.15, 0.2) is 6.07 Å². The van der Waals surface area contributed by atoms with E-state index in [0.717, 1.165) is 18.7 Å². The van der Waals surface area contributed by atoms with Crippen molar-refractivity contribution in [1.82, 2.24) is 4.98 Å². The summed E-state index contributed by atoms with van der Waals surface area (Å²) in [5, 5.41) is 0. The van der Waals surface area contributed by atoms with E-state index < -0.39 is 11.9 Å². The molecule has 0 aliphatic carbocycles. The maximum absolute atomic E-state index is 12.1. The second-order valence-electron chi connectivity index (χ2n) is 4.64. The number of ether oxygens (including phenoxy) is 2. The monoisotopic (exact) mass is 308 g/mol. The molecule has 0 spiro atoms. The van der Waals surface area contributed by atoms with E-state index in [0.29, 0.717) is 5.82 Å². The molecular formula is C16H24N2O4. The van der Waals surface area contributed by atoms with Gasteiger partial charge in [0.1, 0.15) is 5.82 Å². The molecule has 1 rings (SSSR count). The van der Waals surface area contributed by atoms with E-state index in [9.17, 15) is 9.59 Å². The molecule has 6 nitrogen and oxygen atoms in total. The number of hydrogen-bond acceptors (Lipinski definition) is 6. The number of carbonyl (C=O) groups is 2. The molecule has 22 heavy (non-hydrogen) atoms. The SMILES string of the molecule is CCOC(=O)c1cc(C)c(N(CC)CC)nc1C(=O)OCC. The second-order valence-corrected chi connectivity index (χ2v) is 4.64. The predicted molar refractivity (Wildman–Crippen MR) is 84.4 cm³/mol. The number of nitrogens with zero attached hydrogens (tertiary/aromatic N) is 2. The fraction of sp³-hybridized carbons (Fsp3) is 0.562. The first-order valence-electron chi connectivity index (χ1n) is 7.60. The van der Waals surface area contributed by atoms with Crippen LogP contribution in [0.5, 0.6) is 0 Å². The molecule has 0 aliphatic rings. The van der Waals surface area contributed by atoms with Crippen LogP contribution in [0.1, 0.15) is 54.1 Å². The molecule has 0 unspecified atom stereocenters. The summed E-state index contributed by atoms with van der Waals surface area (Å²) >= 11 is 0. The van der Waals surface area contributed by atoms with Crippen LogP contribution in [0.2, 0.25) is 0 Å². The lowest BCUT2D eigenvalue weighted by molar-refractivity contribution is 0.0473. The van der Waals surface area contributed by atoms with Gasteiger partial charge in [-0.3, -0.25) is 0 Å². The van der Waals surface area contributed by atoms with Crippen molar-refractivity contribution >= 4 is 17.8 Å². The molecule has 0 fully saturated rings. The van der Waals surface area contributed by atoms with Crippen LogP contribution < -0.4 is 4.90 Å². The third kappa shape index (κ3) is 3.96. The smallest absolute Gasteiger partial charge is 0.357 e. The Morgan fingerprint density at radius 2 is 1.59 bits per heavy atom. The topological polar surface area (TPSA) is 68.7 Å². The minimum atomic E-state index is -0.612. The number of aryl methyl sites for hydroxylation is 1. The van der Waals surface area contributed by atoms with Gasteiger partial charge in [0.2, 0.25) is 0 Å². The number of hydrogen-bond donors (Lipinski definition) is 0. The molecule has 6 heteroatoms. The molecular weight excluding hydrogens is 284 g/mol. The van der Waals surface area contributed by atoms with E-state index in [4.69, 9.17) is 9.47 Å². The summed E-state index contributed by atoms with van der Waals surface area (Å²) in [6, 6.07) is 1.64. The fourth-order valence-corrected chi connectivity index (χ4v) is 2.17. The Morgan fingerprint density at radius 1 is 1.05 bits per heavy atom. The van der Waals surface area contributed by atoms with Crippen molar-refractivity contribution in [2.24, 2.45) is 0 Å². The van der Waals surface area contributed by atoms with Gasteiger partial charge in [-0.15, -0.1) is 0 Å². The number of esters is 2. The van der Waals surface area contributed by atoms with Gasteiger partial charge < -0.3 is 14.4 Å². The molecule has 0 aliphatic heterocycles. The standard InChI is InChI=1S/C16H24N2O4/c1-6-18(7-2)14-11(5)10-12(15(19)21-8-3)13(17-14)16(20)22-9-4/h10H,6-9H2,1-5H3. The molecule has 1 aromatic rings. The third-order valence-corrected chi connectivity index (χ3v) is 3.21. The Morgan fingerprint density at radius 3 is 2.09 bits per heavy atom. The quantitative estimate of drug-likeness (QED) is 0.721. The van der Waals surface area contributed by atoms with Gasteiger partial charge >= 0.3 is 11.9 Å². The minimum Gasteiger partial charge on any atom is -0.462 e. The molecule has 0 radical (unpaired) electrons. The largest absolute Gasteiger partial charge is 0.462 e. The van der Waals surface area contributed by atoms with E-state index >= 15 is 0 Å². The molecule has 0 saturated heterocycles. The molecule has 1 heterocycles. The van der Waals surface area contributed by atoms with Crippen molar-refractivity contribution in [3.8, 4) is 0 Å². The third-order valence-electron chi connectivity index (χ3n) is 3.21. The first-order valence-corrected chi connectivity index (χ1v) is 7.60. The first-order chi connectivity index (χ1) is 10.5. The molecule has 0 amide bonds. The van der Waals surface area contributed by atoms with Crippen molar-refractivity contribution < 1.29 is 19.1 Å². The lowest BCUT2D eigenvalue weighted by Gasteiger charge is -2.23. The lowest BCUT2D eigenvalue weighted by atomic mass is 10.1. The minimum absolute atomic E-state index is 0.00722. The van der Waals surface area contributed by atoms with Gasteiger partial charge in [-0.25, -0.2) is 14.6 Å². The van der Waals surface area contributed by atoms with Gasteiger partial charge in [0.15, 0.2) is 5.69 Å². The number of carbonyl (C=O) groups excluding carboxylic acids is 2. The maximum atomic E-state index is 12.1. The van der Waals surface area contributed by atoms with Gasteiger partial charge in [-0.2, -0.15) is 0 Å². The Balaban J connectivity index is 3.41. The van der Waals surface area contributed by atoms with Crippen LogP contribution in [0.3, 0.4) is 0 Å². The van der Waals surface area contributed by atoms with Crippen LogP contribution in [0, 0.1) is 6.92 Å². The number of pyridine rings is 1. The van der Waals surface area contributed by atoms with Crippen LogP contribution >= 0.6 is 0 Å². The summed E-state index contributed by atoms with van der Waals surface area (Å²) in [6.45, 7) is 11.3. The number of anilines is 1. The van der Waals surface area contributed by atoms with Gasteiger partial charge in [-0.05, 0) is 46.2 Å². The molecule has 1 aromatic heterocycles. The average molecular weight is 308 g/mol. The molecule has 0 bridgehead atoms. The van der Waals surface area contributed by atoms with Crippen molar-refractivity contribution in [3.05, 3.63) is 22.9 Å². The van der Waals surface area contributed by atoms with Gasteiger partial charge in [-0.1, -0.05) is 0 Å². The summed E-state index contributed by atoms with van der Waals surface area (Å²) in [6.07, 6.45) is 0. The maximum Gasteiger partial charge on any atom is 0.357 e. The molecule has 0 atom stereocenters. The van der Waals surface area contributed by atoms with Crippen molar-refractivity contribution in [1.29, 1.82) is 0 Å². The van der Waals surface area contributed by atoms with Crippen LogP contribution in [-0.2, 0) is 9.47 Å². The zero-order valence-corrected chi connectivity index (χ0v) is 13.9. The van der Waals surface area contributed by atoms with Crippen molar-refractivity contribution in [2.45, 2.75) is 34.6 Å². The van der Waals surface area contributed by atoms with E-state index in [1.165, 1.54) is 0 Å². The zero-order valence-electron chi connectivity index (χ0n) is 13.9. The van der Waals surface area contributed by atoms with Gasteiger partial charge in [0.05, 0.1) is 18.8 Å². The second kappa shape index (κ2) is 8.36. The summed E-state index contributed by atoms with van der Waals surface area (Å²) in [5.41, 5.74) is 0.973. The Hall–Kier alpha value is -2.11. The number of aromatic nitrogens is 1. The zero-order chi connectivity index (χ0) is 16.7. The Labute approximate surface area is 131 Å². The van der Waals surface area contributed by atoms with Crippen molar-refractivity contribution in [3.63, 3.8) is 0 Å². The summed E-state index contributed by atoms with van der Waals surface area (Å²) in [5.74, 6) is -0.493. The molecule has 0 aromatic carbocycles. The normalized spacial score (nSPS) is 10.2. The van der Waals surface area contributed by atoms with E-state index in [-0.39, 0.29) is 24.5 Å². The fourth-order valence-electron chi connectivity index (χ4n) is 2.17. The highest BCUT2D eigenvalue weighted by Gasteiger charge is 2.24. The first kappa shape index (κ1) is 17.9. The summed E-state index contributed by atoms with van der Waals surface area (Å²) in [7, 11) is 0.